The van der Waals surface area contributed by atoms with Gasteiger partial charge in [-0.15, -0.1) is 0 Å². The highest BCUT2D eigenvalue weighted by Crippen LogP contribution is 2.31. The zero-order chi connectivity index (χ0) is 15.6. The van der Waals surface area contributed by atoms with E-state index in [0.29, 0.717) is 10.5 Å². The number of rotatable bonds is 3. The fourth-order valence-corrected chi connectivity index (χ4v) is 4.46. The van der Waals surface area contributed by atoms with Crippen LogP contribution < -0.4 is 10.2 Å². The molecule has 1 heterocycles. The molecule has 1 saturated heterocycles. The predicted octanol–water partition coefficient (Wildman–Crippen LogP) is 4.67. The van der Waals surface area contributed by atoms with Gasteiger partial charge in [-0.3, -0.25) is 0 Å². The number of hydrogen-bond acceptors (Lipinski definition) is 3. The molecule has 0 aliphatic carbocycles. The number of halogens is 1. The smallest absolute Gasteiger partial charge is 0.0378 e. The summed E-state index contributed by atoms with van der Waals surface area (Å²) in [5.41, 5.74) is 2.80. The van der Waals surface area contributed by atoms with E-state index in [1.54, 1.807) is 0 Å². The first kappa shape index (κ1) is 17.2. The average molecular weight is 371 g/mol. The van der Waals surface area contributed by atoms with Gasteiger partial charge in [0.2, 0.25) is 0 Å². The fraction of sp³-hybridized carbons (Fsp3) is 0.647. The van der Waals surface area contributed by atoms with Crippen molar-refractivity contribution in [3.05, 3.63) is 28.2 Å². The van der Waals surface area contributed by atoms with Crippen LogP contribution in [0.3, 0.4) is 0 Å². The Bertz CT molecular complexity index is 474. The maximum atomic E-state index is 3.74. The lowest BCUT2D eigenvalue weighted by Gasteiger charge is -2.36. The minimum Gasteiger partial charge on any atom is -0.369 e. The first-order chi connectivity index (χ1) is 9.74. The molecule has 2 rings (SSSR count). The van der Waals surface area contributed by atoms with Crippen LogP contribution in [0.25, 0.3) is 0 Å². The van der Waals surface area contributed by atoms with Gasteiger partial charge in [0.15, 0.2) is 0 Å². The molecule has 1 N–H and O–H groups in total. The van der Waals surface area contributed by atoms with Gasteiger partial charge in [-0.2, -0.15) is 11.8 Å². The molecule has 2 atom stereocenters. The van der Waals surface area contributed by atoms with Crippen molar-refractivity contribution in [2.45, 2.75) is 57.2 Å². The Morgan fingerprint density at radius 3 is 2.38 bits per heavy atom. The summed E-state index contributed by atoms with van der Waals surface area (Å²) in [6, 6.07) is 6.78. The molecule has 0 saturated carbocycles. The van der Waals surface area contributed by atoms with Crippen LogP contribution in [0.5, 0.6) is 0 Å². The van der Waals surface area contributed by atoms with Gasteiger partial charge in [-0.05, 0) is 38.5 Å². The summed E-state index contributed by atoms with van der Waals surface area (Å²) >= 11 is 5.83. The van der Waals surface area contributed by atoms with Crippen LogP contribution in [0.15, 0.2) is 22.7 Å². The van der Waals surface area contributed by atoms with Crippen LogP contribution in [-0.4, -0.2) is 29.1 Å². The monoisotopic (exact) mass is 370 g/mol. The van der Waals surface area contributed by atoms with Gasteiger partial charge in [0.05, 0.1) is 0 Å². The Kier molecular flexibility index (Phi) is 5.66. The highest BCUT2D eigenvalue weighted by atomic mass is 79.9. The molecule has 0 radical (unpaired) electrons. The van der Waals surface area contributed by atoms with Crippen LogP contribution >= 0.6 is 27.7 Å². The second-order valence-corrected chi connectivity index (χ2v) is 9.78. The predicted molar refractivity (Wildman–Crippen MR) is 99.5 cm³/mol. The molecule has 1 aromatic rings. The maximum absolute atomic E-state index is 3.74. The molecule has 2 unspecified atom stereocenters. The summed E-state index contributed by atoms with van der Waals surface area (Å²) in [5, 5.41) is 4.95. The maximum Gasteiger partial charge on any atom is 0.0378 e. The average Bonchev–Trinajstić information content (AvgIpc) is 2.35. The van der Waals surface area contributed by atoms with Crippen molar-refractivity contribution in [2.75, 3.05) is 18.0 Å². The summed E-state index contributed by atoms with van der Waals surface area (Å²) in [5.74, 6) is 0. The van der Waals surface area contributed by atoms with E-state index in [1.165, 1.54) is 15.7 Å². The molecule has 1 aromatic carbocycles. The van der Waals surface area contributed by atoms with Crippen LogP contribution in [0.4, 0.5) is 5.69 Å². The number of anilines is 1. The van der Waals surface area contributed by atoms with Gasteiger partial charge in [-0.1, -0.05) is 35.8 Å². The quantitative estimate of drug-likeness (QED) is 0.832. The zero-order valence-corrected chi connectivity index (χ0v) is 16.1. The van der Waals surface area contributed by atoms with E-state index in [-0.39, 0.29) is 5.54 Å². The molecule has 1 aliphatic rings. The molecule has 1 fully saturated rings. The minimum atomic E-state index is 0.146. The normalized spacial score (nSPS) is 23.4. The van der Waals surface area contributed by atoms with Gasteiger partial charge in [-0.25, -0.2) is 0 Å². The van der Waals surface area contributed by atoms with Gasteiger partial charge in [0.25, 0.3) is 0 Å². The van der Waals surface area contributed by atoms with Crippen molar-refractivity contribution in [3.8, 4) is 0 Å². The van der Waals surface area contributed by atoms with E-state index < -0.39 is 0 Å². The number of hydrogen-bond donors (Lipinski definition) is 1. The molecule has 2 nitrogen and oxygen atoms in total. The Labute approximate surface area is 142 Å². The van der Waals surface area contributed by atoms with Crippen molar-refractivity contribution in [1.29, 1.82) is 0 Å². The summed E-state index contributed by atoms with van der Waals surface area (Å²) < 4.78 is 1.20. The second-order valence-electron chi connectivity index (χ2n) is 7.04. The highest BCUT2D eigenvalue weighted by Gasteiger charge is 2.22. The van der Waals surface area contributed by atoms with Crippen molar-refractivity contribution in [3.63, 3.8) is 0 Å². The molecular formula is C17H27BrN2S. The molecule has 0 bridgehead atoms. The summed E-state index contributed by atoms with van der Waals surface area (Å²) in [7, 11) is 0. The number of nitrogens with zero attached hydrogens (tertiary/aromatic N) is 1. The molecule has 0 amide bonds. The Hall–Kier alpha value is -0.190. The lowest BCUT2D eigenvalue weighted by molar-refractivity contribution is 0.424. The lowest BCUT2D eigenvalue weighted by atomic mass is 10.1. The lowest BCUT2D eigenvalue weighted by Crippen LogP contribution is -2.40. The summed E-state index contributed by atoms with van der Waals surface area (Å²) in [6.07, 6.45) is 0. The molecule has 0 aromatic heterocycles. The second kappa shape index (κ2) is 6.93. The first-order valence-corrected chi connectivity index (χ1v) is 9.42. The molecular weight excluding hydrogens is 344 g/mol. The summed E-state index contributed by atoms with van der Waals surface area (Å²) in [4.78, 5) is 2.51. The van der Waals surface area contributed by atoms with Gasteiger partial charge >= 0.3 is 0 Å². The van der Waals surface area contributed by atoms with Gasteiger partial charge in [0, 0.05) is 45.8 Å². The third-order valence-electron chi connectivity index (χ3n) is 3.63. The van der Waals surface area contributed by atoms with E-state index in [0.717, 1.165) is 19.6 Å². The molecule has 0 spiro atoms. The van der Waals surface area contributed by atoms with Crippen molar-refractivity contribution >= 4 is 33.4 Å². The van der Waals surface area contributed by atoms with Crippen molar-refractivity contribution in [2.24, 2.45) is 0 Å². The van der Waals surface area contributed by atoms with Gasteiger partial charge < -0.3 is 10.2 Å². The standard InChI is InChI=1S/C17H27BrN2S/c1-12-10-20(11-13(2)21-12)15-7-6-14(16(18)8-15)9-19-17(3,4)5/h6-8,12-13,19H,9-11H2,1-5H3. The number of thioether (sulfide) groups is 1. The molecule has 21 heavy (non-hydrogen) atoms. The molecule has 4 heteroatoms. The SMILES string of the molecule is CC1CN(c2ccc(CNC(C)(C)C)c(Br)c2)CC(C)S1. The van der Waals surface area contributed by atoms with E-state index >= 15 is 0 Å². The van der Waals surface area contributed by atoms with E-state index in [9.17, 15) is 0 Å². The highest BCUT2D eigenvalue weighted by molar-refractivity contribution is 9.10. The van der Waals surface area contributed by atoms with E-state index in [2.05, 4.69) is 90.7 Å². The van der Waals surface area contributed by atoms with Crippen LogP contribution in [0, 0.1) is 0 Å². The third-order valence-corrected chi connectivity index (χ3v) is 5.60. The molecule has 1 aliphatic heterocycles. The summed E-state index contributed by atoms with van der Waals surface area (Å²) in [6.45, 7) is 14.4. The van der Waals surface area contributed by atoms with E-state index in [1.807, 2.05) is 0 Å². The fourth-order valence-electron chi connectivity index (χ4n) is 2.63. The van der Waals surface area contributed by atoms with Crippen LogP contribution in [0.1, 0.15) is 40.2 Å². The largest absolute Gasteiger partial charge is 0.369 e. The minimum absolute atomic E-state index is 0.146. The topological polar surface area (TPSA) is 15.3 Å². The first-order valence-electron chi connectivity index (χ1n) is 7.68. The van der Waals surface area contributed by atoms with Crippen LogP contribution in [-0.2, 0) is 6.54 Å². The third kappa shape index (κ3) is 5.19. The van der Waals surface area contributed by atoms with E-state index in [4.69, 9.17) is 0 Å². The molecule has 118 valence electrons. The Morgan fingerprint density at radius 1 is 1.24 bits per heavy atom. The van der Waals surface area contributed by atoms with Crippen LogP contribution in [0.2, 0.25) is 0 Å². The van der Waals surface area contributed by atoms with Gasteiger partial charge in [0.1, 0.15) is 0 Å². The Morgan fingerprint density at radius 2 is 1.86 bits per heavy atom. The van der Waals surface area contributed by atoms with Crippen molar-refractivity contribution in [1.82, 2.24) is 5.32 Å². The number of nitrogens with one attached hydrogen (secondary N) is 1. The Balaban J connectivity index is 2.08. The van der Waals surface area contributed by atoms with Crippen molar-refractivity contribution < 1.29 is 0 Å². The number of benzene rings is 1. The zero-order valence-electron chi connectivity index (χ0n) is 13.7.